The highest BCUT2D eigenvalue weighted by Crippen LogP contribution is 2.37. The molecule has 0 saturated carbocycles. The molecule has 2 unspecified atom stereocenters. The molecule has 16 heteroatoms. The number of sulfonamides is 1. The topological polar surface area (TPSA) is 174 Å². The van der Waals surface area contributed by atoms with E-state index in [0.717, 1.165) is 21.7 Å². The number of nitrogens with one attached hydrogen (secondary N) is 2. The number of aldehydes is 1. The Morgan fingerprint density at radius 3 is 2.75 bits per heavy atom. The lowest BCUT2D eigenvalue weighted by Gasteiger charge is -2.27. The van der Waals surface area contributed by atoms with Crippen molar-refractivity contribution in [2.75, 3.05) is 5.32 Å². The van der Waals surface area contributed by atoms with Crippen molar-refractivity contribution in [2.24, 2.45) is 0 Å². The van der Waals surface area contributed by atoms with Crippen molar-refractivity contribution in [3.05, 3.63) is 72.3 Å². The lowest BCUT2D eigenvalue weighted by Crippen LogP contribution is -2.38. The molecule has 1 amide bonds. The van der Waals surface area contributed by atoms with Gasteiger partial charge in [0.05, 0.1) is 35.5 Å². The minimum absolute atomic E-state index is 0.103. The van der Waals surface area contributed by atoms with E-state index in [1.54, 1.807) is 13.3 Å². The van der Waals surface area contributed by atoms with E-state index in [2.05, 4.69) is 20.0 Å². The first-order chi connectivity index (χ1) is 21.0. The lowest BCUT2D eigenvalue weighted by atomic mass is 10.2. The number of rotatable bonds is 14. The van der Waals surface area contributed by atoms with Crippen molar-refractivity contribution >= 4 is 73.0 Å². The smallest absolute Gasteiger partial charge is 0.305 e. The highest BCUT2D eigenvalue weighted by Gasteiger charge is 2.29. The number of para-hydroxylation sites is 2. The van der Waals surface area contributed by atoms with Gasteiger partial charge >= 0.3 is 5.97 Å². The summed E-state index contributed by atoms with van der Waals surface area (Å²) < 4.78 is 39.2. The maximum absolute atomic E-state index is 13.4. The molecule has 3 heterocycles. The minimum Gasteiger partial charge on any atom is -0.486 e. The van der Waals surface area contributed by atoms with Crippen LogP contribution in [0.5, 0.6) is 5.75 Å². The SMILES string of the molecule is CC(=O)Nc1ccc(S(=O)(=O)NC(C=O)CC(=O)O)c(O[C@H](C)C(SCc2cn3ccsc3n2)n2cnc3ccccc32)c1. The van der Waals surface area contributed by atoms with Crippen LogP contribution in [0.1, 0.15) is 31.3 Å². The molecule has 0 spiro atoms. The predicted octanol–water partition coefficient (Wildman–Crippen LogP) is 3.92. The third-order valence-corrected chi connectivity index (χ3v) is 10.1. The molecular formula is C28H28N6O7S3. The molecule has 44 heavy (non-hydrogen) atoms. The third-order valence-electron chi connectivity index (χ3n) is 6.43. The van der Waals surface area contributed by atoms with Gasteiger partial charge in [-0.2, -0.15) is 0 Å². The first-order valence-corrected chi connectivity index (χ1v) is 16.7. The van der Waals surface area contributed by atoms with Crippen LogP contribution in [0.2, 0.25) is 0 Å². The largest absolute Gasteiger partial charge is 0.486 e. The lowest BCUT2D eigenvalue weighted by molar-refractivity contribution is -0.138. The Kier molecular flexibility index (Phi) is 9.33. The molecule has 0 aliphatic carbocycles. The zero-order chi connectivity index (χ0) is 31.4. The molecular weight excluding hydrogens is 629 g/mol. The number of aromatic nitrogens is 4. The van der Waals surface area contributed by atoms with Crippen molar-refractivity contribution in [1.29, 1.82) is 0 Å². The number of hydrogen-bond donors (Lipinski definition) is 3. The first kappa shape index (κ1) is 31.2. The summed E-state index contributed by atoms with van der Waals surface area (Å²) >= 11 is 3.05. The normalized spacial score (nSPS) is 13.9. The average molecular weight is 657 g/mol. The minimum atomic E-state index is -4.44. The Hall–Kier alpha value is -4.25. The van der Waals surface area contributed by atoms with Gasteiger partial charge in [0.15, 0.2) is 4.96 Å². The summed E-state index contributed by atoms with van der Waals surface area (Å²) in [6.07, 6.45) is 4.37. The number of carboxylic acid groups (broad SMARTS) is 1. The number of nitrogens with zero attached hydrogens (tertiary/aromatic N) is 4. The van der Waals surface area contributed by atoms with E-state index in [-0.39, 0.29) is 28.5 Å². The molecule has 13 nitrogen and oxygen atoms in total. The van der Waals surface area contributed by atoms with Gasteiger partial charge < -0.3 is 24.5 Å². The van der Waals surface area contributed by atoms with Crippen LogP contribution in [0.4, 0.5) is 5.69 Å². The summed E-state index contributed by atoms with van der Waals surface area (Å²) in [4.78, 5) is 44.1. The number of anilines is 1. The van der Waals surface area contributed by atoms with Crippen LogP contribution < -0.4 is 14.8 Å². The number of hydrogen-bond acceptors (Lipinski definition) is 10. The van der Waals surface area contributed by atoms with Crippen molar-refractivity contribution in [1.82, 2.24) is 23.7 Å². The Morgan fingerprint density at radius 2 is 2.02 bits per heavy atom. The van der Waals surface area contributed by atoms with Gasteiger partial charge in [0.1, 0.15) is 28.4 Å². The van der Waals surface area contributed by atoms with E-state index in [1.165, 1.54) is 48.2 Å². The van der Waals surface area contributed by atoms with Crippen molar-refractivity contribution in [2.45, 2.75) is 48.4 Å². The van der Waals surface area contributed by atoms with E-state index in [0.29, 0.717) is 5.75 Å². The molecule has 0 radical (unpaired) electrons. The van der Waals surface area contributed by atoms with Crippen molar-refractivity contribution in [3.8, 4) is 5.75 Å². The number of thioether (sulfide) groups is 1. The fourth-order valence-electron chi connectivity index (χ4n) is 4.57. The van der Waals surface area contributed by atoms with E-state index in [1.807, 2.05) is 51.0 Å². The monoisotopic (exact) mass is 656 g/mol. The fraction of sp³-hybridized carbons (Fsp3) is 0.250. The van der Waals surface area contributed by atoms with Crippen LogP contribution in [0.15, 0.2) is 71.5 Å². The Morgan fingerprint density at radius 1 is 1.23 bits per heavy atom. The van der Waals surface area contributed by atoms with Crippen molar-refractivity contribution < 1.29 is 32.6 Å². The number of aliphatic carboxylic acids is 1. The molecule has 230 valence electrons. The molecule has 0 aliphatic heterocycles. The molecule has 0 aliphatic rings. The van der Waals surface area contributed by atoms with Crippen LogP contribution in [-0.2, 0) is 30.2 Å². The molecule has 0 fully saturated rings. The van der Waals surface area contributed by atoms with E-state index in [4.69, 9.17) is 9.84 Å². The Bertz CT molecular complexity index is 1910. The van der Waals surface area contributed by atoms with Gasteiger partial charge in [0.25, 0.3) is 0 Å². The molecule has 3 N–H and O–H groups in total. The average Bonchev–Trinajstić information content (AvgIpc) is 3.68. The summed E-state index contributed by atoms with van der Waals surface area (Å²) in [5.41, 5.74) is 2.75. The van der Waals surface area contributed by atoms with Crippen LogP contribution in [0, 0.1) is 0 Å². The number of thiazole rings is 1. The van der Waals surface area contributed by atoms with Gasteiger partial charge in [-0.05, 0) is 31.2 Å². The van der Waals surface area contributed by atoms with Crippen LogP contribution in [0.3, 0.4) is 0 Å². The quantitative estimate of drug-likeness (QED) is 0.149. The van der Waals surface area contributed by atoms with Gasteiger partial charge in [-0.1, -0.05) is 12.1 Å². The number of carbonyl (C=O) groups is 3. The number of ether oxygens (including phenoxy) is 1. The first-order valence-electron chi connectivity index (χ1n) is 13.3. The summed E-state index contributed by atoms with van der Waals surface area (Å²) in [6.45, 7) is 3.10. The second-order valence-electron chi connectivity index (χ2n) is 9.79. The second-order valence-corrected chi connectivity index (χ2v) is 13.5. The van der Waals surface area contributed by atoms with Crippen molar-refractivity contribution in [3.63, 3.8) is 0 Å². The summed E-state index contributed by atoms with van der Waals surface area (Å²) in [7, 11) is -4.44. The standard InChI is InChI=1S/C28H28N6O7S3/c1-17(41-24-11-19(30-18(2)36)7-8-25(24)44(39,40)32-20(14-35)12-26(37)38)27(34-16-29-22-5-3-4-6-23(22)34)43-15-21-13-33-9-10-42-28(33)31-21/h3-11,13-14,16-17,20,27,32H,12,15H2,1-2H3,(H,30,36)(H,37,38)/t17-,20?,27?/m1/s1. The van der Waals surface area contributed by atoms with Gasteiger partial charge in [-0.15, -0.1) is 23.1 Å². The van der Waals surface area contributed by atoms with E-state index in [9.17, 15) is 22.8 Å². The molecule has 3 aromatic heterocycles. The predicted molar refractivity (Wildman–Crippen MR) is 166 cm³/mol. The number of carbonyl (C=O) groups excluding carboxylic acids is 2. The third kappa shape index (κ3) is 7.10. The molecule has 2 aromatic carbocycles. The zero-order valence-electron chi connectivity index (χ0n) is 23.5. The zero-order valence-corrected chi connectivity index (χ0v) is 25.9. The van der Waals surface area contributed by atoms with Crippen LogP contribution in [-0.4, -0.2) is 62.8 Å². The fourth-order valence-corrected chi connectivity index (χ4v) is 7.71. The Balaban J connectivity index is 1.50. The molecule has 5 rings (SSSR count). The number of fused-ring (bicyclic) bond motifs is 2. The van der Waals surface area contributed by atoms with Gasteiger partial charge in [-0.3, -0.25) is 14.0 Å². The molecule has 0 bridgehead atoms. The highest BCUT2D eigenvalue weighted by atomic mass is 32.2. The van der Waals surface area contributed by atoms with Gasteiger partial charge in [0, 0.05) is 42.2 Å². The molecule has 5 aromatic rings. The maximum atomic E-state index is 13.4. The van der Waals surface area contributed by atoms with Crippen LogP contribution >= 0.6 is 23.1 Å². The van der Waals surface area contributed by atoms with Gasteiger partial charge in [-0.25, -0.2) is 23.1 Å². The highest BCUT2D eigenvalue weighted by molar-refractivity contribution is 7.98. The maximum Gasteiger partial charge on any atom is 0.305 e. The Labute approximate surface area is 260 Å². The summed E-state index contributed by atoms with van der Waals surface area (Å²) in [5, 5.41) is 13.2. The summed E-state index contributed by atoms with van der Waals surface area (Å²) in [5.74, 6) is -1.32. The van der Waals surface area contributed by atoms with Gasteiger partial charge in [0.2, 0.25) is 15.9 Å². The number of imidazole rings is 2. The number of amides is 1. The van der Waals surface area contributed by atoms with Crippen LogP contribution in [0.25, 0.3) is 16.0 Å². The molecule has 0 saturated heterocycles. The summed E-state index contributed by atoms with van der Waals surface area (Å²) in [6, 6.07) is 10.1. The van der Waals surface area contributed by atoms with E-state index >= 15 is 0 Å². The number of carboxylic acids is 1. The number of benzene rings is 2. The molecule has 3 atom stereocenters. The van der Waals surface area contributed by atoms with E-state index < -0.39 is 39.9 Å². The second kappa shape index (κ2) is 13.2.